The summed E-state index contributed by atoms with van der Waals surface area (Å²) in [5, 5.41) is 3.50. The van der Waals surface area contributed by atoms with Crippen molar-refractivity contribution in [1.29, 1.82) is 0 Å². The van der Waals surface area contributed by atoms with Crippen LogP contribution < -0.4 is 0 Å². The fraction of sp³-hybridized carbons (Fsp3) is 0.259. The molecule has 0 radical (unpaired) electrons. The molecule has 0 amide bonds. The fourth-order valence-electron chi connectivity index (χ4n) is 4.73. The van der Waals surface area contributed by atoms with E-state index >= 15 is 4.39 Å². The van der Waals surface area contributed by atoms with Crippen LogP contribution in [0.3, 0.4) is 0 Å². The van der Waals surface area contributed by atoms with Gasteiger partial charge in [0, 0.05) is 42.8 Å². The van der Waals surface area contributed by atoms with Crippen molar-refractivity contribution in [1.82, 2.24) is 29.7 Å². The molecule has 0 spiro atoms. The second-order valence-electron chi connectivity index (χ2n) is 9.02. The molecule has 0 aliphatic carbocycles. The Hall–Kier alpha value is -4.38. The van der Waals surface area contributed by atoms with Gasteiger partial charge in [0.1, 0.15) is 35.4 Å². The number of hydrogen-bond acceptors (Lipinski definition) is 8. The quantitative estimate of drug-likeness (QED) is 0.282. The van der Waals surface area contributed by atoms with Gasteiger partial charge in [-0.15, -0.1) is 0 Å². The normalized spacial score (nSPS) is 15.7. The van der Waals surface area contributed by atoms with Crippen LogP contribution in [0, 0.1) is 11.6 Å². The summed E-state index contributed by atoms with van der Waals surface area (Å²) >= 11 is 0. The standard InChI is InChI=1S/C27H22F2N6O3/c28-19-7-6-16(12-21(36)22-8-10-34-38-22)24(29)18(19)13-20-17(4-3-9-30-20)25-26-27(32-14-31-25)35(15-33-26)23-5-1-2-11-37-23/h3-4,6-10,14-15,23H,1-2,5,11-13H2. The Morgan fingerprint density at radius 1 is 1.05 bits per heavy atom. The van der Waals surface area contributed by atoms with E-state index in [0.29, 0.717) is 34.7 Å². The van der Waals surface area contributed by atoms with Crippen molar-refractivity contribution in [2.24, 2.45) is 0 Å². The minimum absolute atomic E-state index is 0.00753. The van der Waals surface area contributed by atoms with Crippen LogP contribution in [-0.4, -0.2) is 42.0 Å². The van der Waals surface area contributed by atoms with Crippen LogP contribution in [-0.2, 0) is 17.6 Å². The fourth-order valence-corrected chi connectivity index (χ4v) is 4.73. The Balaban J connectivity index is 1.36. The molecule has 192 valence electrons. The van der Waals surface area contributed by atoms with Crippen LogP contribution in [0.15, 0.2) is 59.9 Å². The highest BCUT2D eigenvalue weighted by Crippen LogP contribution is 2.32. The topological polar surface area (TPSA) is 109 Å². The summed E-state index contributed by atoms with van der Waals surface area (Å²) in [6.07, 6.45) is 8.32. The molecule has 6 rings (SSSR count). The zero-order valence-corrected chi connectivity index (χ0v) is 20.2. The second-order valence-corrected chi connectivity index (χ2v) is 9.02. The summed E-state index contributed by atoms with van der Waals surface area (Å²) in [6, 6.07) is 7.32. The number of Topliss-reactive ketones (excluding diaryl/α,β-unsaturated/α-hetero) is 1. The van der Waals surface area contributed by atoms with Crippen LogP contribution in [0.4, 0.5) is 8.78 Å². The second kappa shape index (κ2) is 10.2. The van der Waals surface area contributed by atoms with Crippen molar-refractivity contribution in [2.75, 3.05) is 6.61 Å². The number of carbonyl (C=O) groups excluding carboxylic acids is 1. The Labute approximate surface area is 215 Å². The molecule has 0 bridgehead atoms. The molecule has 11 heteroatoms. The highest BCUT2D eigenvalue weighted by Gasteiger charge is 2.23. The number of nitrogens with zero attached hydrogens (tertiary/aromatic N) is 6. The van der Waals surface area contributed by atoms with E-state index < -0.39 is 17.4 Å². The van der Waals surface area contributed by atoms with Gasteiger partial charge in [-0.3, -0.25) is 14.3 Å². The lowest BCUT2D eigenvalue weighted by atomic mass is 9.97. The van der Waals surface area contributed by atoms with Gasteiger partial charge in [0.2, 0.25) is 11.5 Å². The molecule has 1 aliphatic rings. The first-order valence-corrected chi connectivity index (χ1v) is 12.2. The number of benzene rings is 1. The molecule has 1 aromatic carbocycles. The monoisotopic (exact) mass is 516 g/mol. The number of carbonyl (C=O) groups is 1. The predicted octanol–water partition coefficient (Wildman–Crippen LogP) is 4.87. The number of hydrogen-bond donors (Lipinski definition) is 0. The first kappa shape index (κ1) is 24.0. The SMILES string of the molecule is O=C(Cc1ccc(F)c(Cc2ncccc2-c2ncnc3c2ncn3C2CCCCO2)c1F)c1ccno1. The molecule has 4 aromatic heterocycles. The number of ketones is 1. The molecule has 0 N–H and O–H groups in total. The highest BCUT2D eigenvalue weighted by molar-refractivity contribution is 5.94. The minimum Gasteiger partial charge on any atom is -0.358 e. The molecular formula is C27H22F2N6O3. The van der Waals surface area contributed by atoms with Gasteiger partial charge in [0.15, 0.2) is 5.65 Å². The summed E-state index contributed by atoms with van der Waals surface area (Å²) in [5.41, 5.74) is 2.51. The number of aromatic nitrogens is 6. The first-order chi connectivity index (χ1) is 18.6. The molecule has 1 atom stereocenters. The molecule has 9 nitrogen and oxygen atoms in total. The molecule has 1 aliphatic heterocycles. The summed E-state index contributed by atoms with van der Waals surface area (Å²) in [5.74, 6) is -1.99. The van der Waals surface area contributed by atoms with Gasteiger partial charge in [-0.1, -0.05) is 11.2 Å². The van der Waals surface area contributed by atoms with Crippen molar-refractivity contribution in [3.63, 3.8) is 0 Å². The number of fused-ring (bicyclic) bond motifs is 1. The van der Waals surface area contributed by atoms with Gasteiger partial charge in [-0.05, 0) is 43.0 Å². The molecule has 1 fully saturated rings. The van der Waals surface area contributed by atoms with Gasteiger partial charge >= 0.3 is 0 Å². The van der Waals surface area contributed by atoms with E-state index in [1.807, 2.05) is 4.57 Å². The highest BCUT2D eigenvalue weighted by atomic mass is 19.1. The Bertz CT molecular complexity index is 1610. The maximum atomic E-state index is 15.5. The van der Waals surface area contributed by atoms with E-state index in [4.69, 9.17) is 9.26 Å². The summed E-state index contributed by atoms with van der Waals surface area (Å²) in [7, 11) is 0. The zero-order chi connectivity index (χ0) is 26.1. The number of imidazole rings is 1. The van der Waals surface area contributed by atoms with Crippen LogP contribution in [0.2, 0.25) is 0 Å². The summed E-state index contributed by atoms with van der Waals surface area (Å²) in [6.45, 7) is 0.676. The summed E-state index contributed by atoms with van der Waals surface area (Å²) < 4.78 is 43.0. The molecule has 5 heterocycles. The third-order valence-corrected chi connectivity index (χ3v) is 6.64. The largest absolute Gasteiger partial charge is 0.358 e. The average Bonchev–Trinajstić information content (AvgIpc) is 3.64. The third-order valence-electron chi connectivity index (χ3n) is 6.64. The molecule has 1 unspecified atom stereocenters. The molecule has 5 aromatic rings. The van der Waals surface area contributed by atoms with E-state index in [9.17, 15) is 9.18 Å². The lowest BCUT2D eigenvalue weighted by Gasteiger charge is -2.23. The van der Waals surface area contributed by atoms with Crippen molar-refractivity contribution < 1.29 is 22.8 Å². The van der Waals surface area contributed by atoms with Gasteiger partial charge in [-0.25, -0.2) is 23.7 Å². The van der Waals surface area contributed by atoms with Crippen molar-refractivity contribution in [3.05, 3.63) is 89.6 Å². The maximum absolute atomic E-state index is 15.5. The maximum Gasteiger partial charge on any atom is 0.205 e. The van der Waals surface area contributed by atoms with Gasteiger partial charge in [0.25, 0.3) is 0 Å². The van der Waals surface area contributed by atoms with E-state index in [0.717, 1.165) is 25.3 Å². The van der Waals surface area contributed by atoms with E-state index in [2.05, 4.69) is 25.1 Å². The van der Waals surface area contributed by atoms with Gasteiger partial charge in [-0.2, -0.15) is 0 Å². The summed E-state index contributed by atoms with van der Waals surface area (Å²) in [4.78, 5) is 30.3. The number of rotatable bonds is 7. The van der Waals surface area contributed by atoms with E-state index in [-0.39, 0.29) is 36.0 Å². The Kier molecular flexibility index (Phi) is 6.42. The first-order valence-electron chi connectivity index (χ1n) is 12.2. The minimum atomic E-state index is -0.805. The lowest BCUT2D eigenvalue weighted by molar-refractivity contribution is -0.0298. The number of halogens is 2. The smallest absolute Gasteiger partial charge is 0.205 e. The molecule has 38 heavy (non-hydrogen) atoms. The average molecular weight is 517 g/mol. The van der Waals surface area contributed by atoms with Crippen molar-refractivity contribution in [3.8, 4) is 11.3 Å². The molecule has 1 saturated heterocycles. The lowest BCUT2D eigenvalue weighted by Crippen LogP contribution is -2.17. The van der Waals surface area contributed by atoms with Crippen molar-refractivity contribution in [2.45, 2.75) is 38.3 Å². The van der Waals surface area contributed by atoms with E-state index in [1.54, 1.807) is 24.7 Å². The van der Waals surface area contributed by atoms with Gasteiger partial charge < -0.3 is 9.26 Å². The zero-order valence-electron chi connectivity index (χ0n) is 20.2. The van der Waals surface area contributed by atoms with Gasteiger partial charge in [0.05, 0.1) is 18.2 Å². The Morgan fingerprint density at radius 2 is 1.97 bits per heavy atom. The Morgan fingerprint density at radius 3 is 2.79 bits per heavy atom. The molecule has 0 saturated carbocycles. The van der Waals surface area contributed by atoms with Crippen LogP contribution in [0.25, 0.3) is 22.4 Å². The van der Waals surface area contributed by atoms with Crippen molar-refractivity contribution >= 4 is 16.9 Å². The van der Waals surface area contributed by atoms with Crippen LogP contribution >= 0.6 is 0 Å². The molecular weight excluding hydrogens is 494 g/mol. The van der Waals surface area contributed by atoms with Crippen LogP contribution in [0.5, 0.6) is 0 Å². The predicted molar refractivity (Wildman–Crippen MR) is 131 cm³/mol. The third kappa shape index (κ3) is 4.45. The number of ether oxygens (including phenoxy) is 1. The van der Waals surface area contributed by atoms with Crippen LogP contribution in [0.1, 0.15) is 52.9 Å². The van der Waals surface area contributed by atoms with E-state index in [1.165, 1.54) is 24.7 Å². The number of pyridine rings is 1.